The number of hydrogen-bond acceptors (Lipinski definition) is 5. The van der Waals surface area contributed by atoms with E-state index in [0.29, 0.717) is 13.0 Å². The summed E-state index contributed by atoms with van der Waals surface area (Å²) in [6.45, 7) is 2.57. The van der Waals surface area contributed by atoms with Gasteiger partial charge in [0.2, 0.25) is 0 Å². The van der Waals surface area contributed by atoms with Gasteiger partial charge in [0.1, 0.15) is 24.4 Å². The van der Waals surface area contributed by atoms with Gasteiger partial charge in [-0.25, -0.2) is 0 Å². The Balaban J connectivity index is 1.67. The Morgan fingerprint density at radius 3 is 2.80 bits per heavy atom. The minimum atomic E-state index is -0.172. The summed E-state index contributed by atoms with van der Waals surface area (Å²) in [4.78, 5) is 0. The molecule has 0 spiro atoms. The van der Waals surface area contributed by atoms with Crippen LogP contribution in [0.15, 0.2) is 0 Å². The molecule has 0 aromatic carbocycles. The number of aliphatic hydroxyl groups is 1. The van der Waals surface area contributed by atoms with E-state index in [1.165, 1.54) is 0 Å². The van der Waals surface area contributed by atoms with Crippen LogP contribution in [0.5, 0.6) is 0 Å². The number of epoxide rings is 1. The SMILES string of the molecule is C[C@@H]1OC[C@H]2O[C@H](CCO)[C@@H]3O[C@@H]3[C@@H]2O1. The summed E-state index contributed by atoms with van der Waals surface area (Å²) in [6.07, 6.45) is 0.682. The highest BCUT2D eigenvalue weighted by Crippen LogP contribution is 2.41. The molecule has 3 aliphatic heterocycles. The average Bonchev–Trinajstić information content (AvgIpc) is 2.99. The van der Waals surface area contributed by atoms with Crippen LogP contribution in [0.25, 0.3) is 0 Å². The van der Waals surface area contributed by atoms with Crippen LogP contribution in [0.1, 0.15) is 13.3 Å². The van der Waals surface area contributed by atoms with Crippen molar-refractivity contribution < 1.29 is 24.1 Å². The predicted molar refractivity (Wildman–Crippen MR) is 49.3 cm³/mol. The van der Waals surface area contributed by atoms with Crippen molar-refractivity contribution in [2.45, 2.75) is 50.2 Å². The van der Waals surface area contributed by atoms with Crippen LogP contribution in [-0.2, 0) is 18.9 Å². The van der Waals surface area contributed by atoms with Crippen LogP contribution in [0.4, 0.5) is 0 Å². The summed E-state index contributed by atoms with van der Waals surface area (Å²) in [7, 11) is 0. The van der Waals surface area contributed by atoms with Crippen LogP contribution in [-0.4, -0.2) is 55.1 Å². The number of ether oxygens (including phenoxy) is 4. The van der Waals surface area contributed by atoms with Crippen molar-refractivity contribution in [3.05, 3.63) is 0 Å². The molecule has 0 amide bonds. The molecular formula is C10H16O5. The fourth-order valence-electron chi connectivity index (χ4n) is 2.44. The molecule has 0 bridgehead atoms. The van der Waals surface area contributed by atoms with Crippen molar-refractivity contribution >= 4 is 0 Å². The van der Waals surface area contributed by atoms with Crippen LogP contribution >= 0.6 is 0 Å². The minimum Gasteiger partial charge on any atom is -0.396 e. The maximum Gasteiger partial charge on any atom is 0.155 e. The second-order valence-electron chi connectivity index (χ2n) is 4.29. The maximum absolute atomic E-state index is 8.89. The van der Waals surface area contributed by atoms with Crippen molar-refractivity contribution in [1.82, 2.24) is 0 Å². The van der Waals surface area contributed by atoms with Crippen LogP contribution in [0, 0.1) is 0 Å². The summed E-state index contributed by atoms with van der Waals surface area (Å²) < 4.78 is 22.4. The molecule has 3 rings (SSSR count). The summed E-state index contributed by atoms with van der Waals surface area (Å²) >= 11 is 0. The molecule has 0 unspecified atom stereocenters. The van der Waals surface area contributed by atoms with Gasteiger partial charge in [-0.1, -0.05) is 0 Å². The number of aliphatic hydroxyl groups excluding tert-OH is 1. The molecule has 0 saturated carbocycles. The first-order valence-electron chi connectivity index (χ1n) is 5.48. The van der Waals surface area contributed by atoms with E-state index in [-0.39, 0.29) is 43.4 Å². The van der Waals surface area contributed by atoms with E-state index < -0.39 is 0 Å². The Morgan fingerprint density at radius 2 is 2.00 bits per heavy atom. The van der Waals surface area contributed by atoms with Gasteiger partial charge in [0.05, 0.1) is 12.7 Å². The molecule has 6 atom stereocenters. The van der Waals surface area contributed by atoms with Gasteiger partial charge in [-0.3, -0.25) is 0 Å². The average molecular weight is 216 g/mol. The van der Waals surface area contributed by atoms with Gasteiger partial charge in [0.15, 0.2) is 6.29 Å². The van der Waals surface area contributed by atoms with Crippen LogP contribution < -0.4 is 0 Å². The van der Waals surface area contributed by atoms with Gasteiger partial charge in [-0.15, -0.1) is 0 Å². The smallest absolute Gasteiger partial charge is 0.155 e. The zero-order chi connectivity index (χ0) is 10.4. The predicted octanol–water partition coefficient (Wildman–Crippen LogP) is -0.335. The Hall–Kier alpha value is -0.200. The third kappa shape index (κ3) is 1.68. The van der Waals surface area contributed by atoms with E-state index in [2.05, 4.69) is 0 Å². The summed E-state index contributed by atoms with van der Waals surface area (Å²) in [5.74, 6) is 0. The van der Waals surface area contributed by atoms with E-state index in [4.69, 9.17) is 24.1 Å². The molecule has 0 aromatic rings. The molecule has 0 aromatic heterocycles. The van der Waals surface area contributed by atoms with Crippen LogP contribution in [0.3, 0.4) is 0 Å². The lowest BCUT2D eigenvalue weighted by Crippen LogP contribution is -2.53. The first kappa shape index (κ1) is 9.99. The highest BCUT2D eigenvalue weighted by Gasteiger charge is 2.59. The lowest BCUT2D eigenvalue weighted by molar-refractivity contribution is -0.272. The lowest BCUT2D eigenvalue weighted by atomic mass is 9.99. The summed E-state index contributed by atoms with van der Waals surface area (Å²) in [5.41, 5.74) is 0. The molecule has 3 aliphatic rings. The molecule has 86 valence electrons. The van der Waals surface area contributed by atoms with Crippen molar-refractivity contribution in [3.8, 4) is 0 Å². The van der Waals surface area contributed by atoms with E-state index >= 15 is 0 Å². The second kappa shape index (κ2) is 3.68. The molecule has 3 heterocycles. The fraction of sp³-hybridized carbons (Fsp3) is 1.00. The van der Waals surface area contributed by atoms with Crippen molar-refractivity contribution in [1.29, 1.82) is 0 Å². The van der Waals surface area contributed by atoms with Gasteiger partial charge >= 0.3 is 0 Å². The topological polar surface area (TPSA) is 60.5 Å². The van der Waals surface area contributed by atoms with Gasteiger partial charge in [0.25, 0.3) is 0 Å². The number of hydrogen-bond donors (Lipinski definition) is 1. The largest absolute Gasteiger partial charge is 0.396 e. The summed E-state index contributed by atoms with van der Waals surface area (Å²) in [5, 5.41) is 8.89. The highest BCUT2D eigenvalue weighted by molar-refractivity contribution is 5.04. The zero-order valence-corrected chi connectivity index (χ0v) is 8.67. The number of rotatable bonds is 2. The lowest BCUT2D eigenvalue weighted by Gasteiger charge is -2.38. The van der Waals surface area contributed by atoms with E-state index in [9.17, 15) is 0 Å². The van der Waals surface area contributed by atoms with Crippen molar-refractivity contribution in [2.75, 3.05) is 13.2 Å². The third-order valence-corrected chi connectivity index (χ3v) is 3.23. The monoisotopic (exact) mass is 216 g/mol. The van der Waals surface area contributed by atoms with Crippen LogP contribution in [0.2, 0.25) is 0 Å². The second-order valence-corrected chi connectivity index (χ2v) is 4.29. The Kier molecular flexibility index (Phi) is 2.45. The molecular weight excluding hydrogens is 200 g/mol. The normalized spacial score (nSPS) is 53.2. The summed E-state index contributed by atoms with van der Waals surface area (Å²) in [6, 6.07) is 0. The molecule has 1 N–H and O–H groups in total. The molecule has 0 radical (unpaired) electrons. The van der Waals surface area contributed by atoms with E-state index in [1.54, 1.807) is 0 Å². The molecule has 0 aliphatic carbocycles. The number of fused-ring (bicyclic) bond motifs is 3. The van der Waals surface area contributed by atoms with Gasteiger partial charge in [0, 0.05) is 6.61 Å². The molecule has 3 fully saturated rings. The first-order valence-corrected chi connectivity index (χ1v) is 5.48. The molecule has 15 heavy (non-hydrogen) atoms. The first-order chi connectivity index (χ1) is 7.29. The molecule has 5 heteroatoms. The minimum absolute atomic E-state index is 0.00172. The van der Waals surface area contributed by atoms with E-state index in [1.807, 2.05) is 6.92 Å². The van der Waals surface area contributed by atoms with Gasteiger partial charge in [-0.05, 0) is 13.3 Å². The van der Waals surface area contributed by atoms with Gasteiger partial charge in [-0.2, -0.15) is 0 Å². The molecule has 3 saturated heterocycles. The van der Waals surface area contributed by atoms with Crippen molar-refractivity contribution in [3.63, 3.8) is 0 Å². The molecule has 5 nitrogen and oxygen atoms in total. The maximum atomic E-state index is 8.89. The van der Waals surface area contributed by atoms with Gasteiger partial charge < -0.3 is 24.1 Å². The standard InChI is InChI=1S/C10H16O5/c1-5-12-4-7-9(13-5)10-8(15-10)6(14-7)2-3-11/h5-11H,2-4H2,1H3/t5-,6-,7-,8+,9-,10+/m1/s1. The fourth-order valence-corrected chi connectivity index (χ4v) is 2.44. The van der Waals surface area contributed by atoms with Crippen molar-refractivity contribution in [2.24, 2.45) is 0 Å². The Labute approximate surface area is 88.3 Å². The third-order valence-electron chi connectivity index (χ3n) is 3.23. The quantitative estimate of drug-likeness (QED) is 0.640. The zero-order valence-electron chi connectivity index (χ0n) is 8.67. The Morgan fingerprint density at radius 1 is 1.13 bits per heavy atom. The Bertz CT molecular complexity index is 246. The van der Waals surface area contributed by atoms with E-state index in [0.717, 1.165) is 0 Å². The highest BCUT2D eigenvalue weighted by atomic mass is 16.7.